The van der Waals surface area contributed by atoms with Gasteiger partial charge in [-0.25, -0.2) is 0 Å². The fourth-order valence-corrected chi connectivity index (χ4v) is 3.67. The number of rotatable bonds is 8. The first-order chi connectivity index (χ1) is 13.1. The van der Waals surface area contributed by atoms with Crippen LogP contribution in [0.4, 0.5) is 0 Å². The zero-order valence-electron chi connectivity index (χ0n) is 16.0. The first-order valence-corrected chi connectivity index (χ1v) is 10.3. The maximum atomic E-state index is 12.1. The molecule has 1 fully saturated rings. The second-order valence-electron chi connectivity index (χ2n) is 6.70. The molecule has 1 aromatic heterocycles. The highest BCUT2D eigenvalue weighted by molar-refractivity contribution is 7.99. The lowest BCUT2D eigenvalue weighted by Crippen LogP contribution is -2.38. The number of hydrogen-bond donors (Lipinski definition) is 1. The summed E-state index contributed by atoms with van der Waals surface area (Å²) in [5.74, 6) is 0.359. The van der Waals surface area contributed by atoms with Crippen molar-refractivity contribution >= 4 is 17.7 Å². The molecule has 2 heterocycles. The van der Waals surface area contributed by atoms with Crippen LogP contribution in [-0.2, 0) is 9.53 Å². The van der Waals surface area contributed by atoms with Gasteiger partial charge in [0.1, 0.15) is 6.33 Å². The monoisotopic (exact) mass is 389 g/mol. The summed E-state index contributed by atoms with van der Waals surface area (Å²) in [6, 6.07) is 6.23. The Morgan fingerprint density at radius 3 is 2.85 bits per heavy atom. The number of nitrogens with one attached hydrogen (secondary N) is 1. The van der Waals surface area contributed by atoms with Gasteiger partial charge in [0, 0.05) is 25.3 Å². The van der Waals surface area contributed by atoms with Crippen LogP contribution in [0, 0.1) is 13.8 Å². The van der Waals surface area contributed by atoms with Crippen molar-refractivity contribution in [1.82, 2.24) is 25.0 Å². The van der Waals surface area contributed by atoms with E-state index < -0.39 is 0 Å². The summed E-state index contributed by atoms with van der Waals surface area (Å²) in [7, 11) is 0. The van der Waals surface area contributed by atoms with Gasteiger partial charge in [-0.2, -0.15) is 0 Å². The Hall–Kier alpha value is -1.90. The molecular weight excluding hydrogens is 362 g/mol. The topological polar surface area (TPSA) is 72.3 Å². The zero-order chi connectivity index (χ0) is 19.1. The van der Waals surface area contributed by atoms with Gasteiger partial charge < -0.3 is 10.1 Å². The number of morpholine rings is 1. The summed E-state index contributed by atoms with van der Waals surface area (Å²) in [4.78, 5) is 14.5. The maximum absolute atomic E-state index is 12.1. The van der Waals surface area contributed by atoms with Crippen LogP contribution in [0.5, 0.6) is 0 Å². The third-order valence-corrected chi connectivity index (χ3v) is 5.64. The minimum absolute atomic E-state index is 0.0246. The van der Waals surface area contributed by atoms with Gasteiger partial charge in [-0.3, -0.25) is 14.3 Å². The van der Waals surface area contributed by atoms with E-state index in [1.54, 1.807) is 6.33 Å². The summed E-state index contributed by atoms with van der Waals surface area (Å²) < 4.78 is 7.26. The van der Waals surface area contributed by atoms with E-state index >= 15 is 0 Å². The average molecular weight is 390 g/mol. The molecule has 1 amide bonds. The number of carbonyl (C=O) groups is 1. The number of ether oxygens (including phenoxy) is 1. The molecule has 0 radical (unpaired) electrons. The Bertz CT molecular complexity index is 758. The highest BCUT2D eigenvalue weighted by atomic mass is 32.2. The molecule has 0 saturated carbocycles. The molecule has 1 aromatic carbocycles. The van der Waals surface area contributed by atoms with E-state index in [0.29, 0.717) is 12.3 Å². The summed E-state index contributed by atoms with van der Waals surface area (Å²) in [6.45, 7) is 9.45. The van der Waals surface area contributed by atoms with Crippen LogP contribution in [0.1, 0.15) is 17.5 Å². The summed E-state index contributed by atoms with van der Waals surface area (Å²) in [5, 5.41) is 11.9. The minimum atomic E-state index is 0.0246. The quantitative estimate of drug-likeness (QED) is 0.548. The van der Waals surface area contributed by atoms with E-state index in [-0.39, 0.29) is 5.91 Å². The molecular formula is C19H27N5O2S. The van der Waals surface area contributed by atoms with Crippen LogP contribution < -0.4 is 5.32 Å². The van der Waals surface area contributed by atoms with Crippen molar-refractivity contribution in [3.05, 3.63) is 35.7 Å². The molecule has 8 heteroatoms. The van der Waals surface area contributed by atoms with Crippen LogP contribution >= 0.6 is 11.8 Å². The number of benzene rings is 1. The van der Waals surface area contributed by atoms with Crippen LogP contribution in [0.25, 0.3) is 5.69 Å². The van der Waals surface area contributed by atoms with Crippen LogP contribution in [0.2, 0.25) is 0 Å². The Morgan fingerprint density at radius 1 is 1.26 bits per heavy atom. The third-order valence-electron chi connectivity index (χ3n) is 4.69. The van der Waals surface area contributed by atoms with Gasteiger partial charge in [0.2, 0.25) is 5.91 Å². The predicted octanol–water partition coefficient (Wildman–Crippen LogP) is 1.81. The number of amides is 1. The molecule has 1 N–H and O–H groups in total. The van der Waals surface area contributed by atoms with E-state index in [4.69, 9.17) is 4.74 Å². The normalized spacial score (nSPS) is 15.0. The maximum Gasteiger partial charge on any atom is 0.230 e. The molecule has 1 aliphatic heterocycles. The largest absolute Gasteiger partial charge is 0.379 e. The lowest BCUT2D eigenvalue weighted by atomic mass is 10.1. The van der Waals surface area contributed by atoms with Crippen molar-refractivity contribution in [2.45, 2.75) is 25.4 Å². The Morgan fingerprint density at radius 2 is 2.07 bits per heavy atom. The highest BCUT2D eigenvalue weighted by Crippen LogP contribution is 2.21. The molecule has 7 nitrogen and oxygen atoms in total. The van der Waals surface area contributed by atoms with E-state index in [1.165, 1.54) is 22.9 Å². The number of hydrogen-bond acceptors (Lipinski definition) is 6. The zero-order valence-corrected chi connectivity index (χ0v) is 16.8. The third kappa shape index (κ3) is 5.79. The number of aryl methyl sites for hydroxylation is 2. The minimum Gasteiger partial charge on any atom is -0.379 e. The molecule has 1 aliphatic rings. The SMILES string of the molecule is Cc1ccc(-n2cnnc2SCC(=O)NCCCN2CCOCC2)cc1C. The first-order valence-electron chi connectivity index (χ1n) is 9.31. The van der Waals surface area contributed by atoms with E-state index in [1.807, 2.05) is 10.6 Å². The second kappa shape index (κ2) is 9.87. The van der Waals surface area contributed by atoms with Gasteiger partial charge in [0.05, 0.1) is 19.0 Å². The van der Waals surface area contributed by atoms with E-state index in [0.717, 1.165) is 50.1 Å². The molecule has 3 rings (SSSR count). The average Bonchev–Trinajstić information content (AvgIpc) is 3.15. The molecule has 0 unspecified atom stereocenters. The molecule has 1 saturated heterocycles. The first kappa shape index (κ1) is 19.9. The van der Waals surface area contributed by atoms with Gasteiger partial charge in [-0.1, -0.05) is 17.8 Å². The van der Waals surface area contributed by atoms with Gasteiger partial charge in [0.15, 0.2) is 5.16 Å². The molecule has 0 bridgehead atoms. The van der Waals surface area contributed by atoms with Crippen LogP contribution in [0.15, 0.2) is 29.7 Å². The molecule has 0 aliphatic carbocycles. The van der Waals surface area contributed by atoms with Crippen LogP contribution in [-0.4, -0.2) is 70.7 Å². The van der Waals surface area contributed by atoms with E-state index in [9.17, 15) is 4.79 Å². The number of aromatic nitrogens is 3. The van der Waals surface area contributed by atoms with Crippen molar-refractivity contribution < 1.29 is 9.53 Å². The highest BCUT2D eigenvalue weighted by Gasteiger charge is 2.12. The van der Waals surface area contributed by atoms with Gasteiger partial charge in [0.25, 0.3) is 0 Å². The molecule has 0 atom stereocenters. The summed E-state index contributed by atoms with van der Waals surface area (Å²) in [5.41, 5.74) is 3.48. The molecule has 27 heavy (non-hydrogen) atoms. The van der Waals surface area contributed by atoms with Crippen molar-refractivity contribution in [2.75, 3.05) is 45.1 Å². The molecule has 146 valence electrons. The van der Waals surface area contributed by atoms with Crippen molar-refractivity contribution in [3.63, 3.8) is 0 Å². The second-order valence-corrected chi connectivity index (χ2v) is 7.64. The fraction of sp³-hybridized carbons (Fsp3) is 0.526. The summed E-state index contributed by atoms with van der Waals surface area (Å²) >= 11 is 1.40. The Kier molecular flexibility index (Phi) is 7.25. The molecule has 2 aromatic rings. The molecule has 0 spiro atoms. The lowest BCUT2D eigenvalue weighted by molar-refractivity contribution is -0.118. The van der Waals surface area contributed by atoms with Gasteiger partial charge in [-0.15, -0.1) is 10.2 Å². The van der Waals surface area contributed by atoms with Crippen molar-refractivity contribution in [1.29, 1.82) is 0 Å². The Balaban J connectivity index is 1.42. The number of thioether (sulfide) groups is 1. The lowest BCUT2D eigenvalue weighted by Gasteiger charge is -2.26. The van der Waals surface area contributed by atoms with Crippen LogP contribution in [0.3, 0.4) is 0 Å². The van der Waals surface area contributed by atoms with Crippen molar-refractivity contribution in [3.8, 4) is 5.69 Å². The smallest absolute Gasteiger partial charge is 0.230 e. The fourth-order valence-electron chi connectivity index (χ4n) is 2.91. The van der Waals surface area contributed by atoms with Gasteiger partial charge in [-0.05, 0) is 50.1 Å². The van der Waals surface area contributed by atoms with Crippen molar-refractivity contribution in [2.24, 2.45) is 0 Å². The number of carbonyl (C=O) groups excluding carboxylic acids is 1. The van der Waals surface area contributed by atoms with Gasteiger partial charge >= 0.3 is 0 Å². The predicted molar refractivity (Wildman–Crippen MR) is 106 cm³/mol. The standard InChI is InChI=1S/C19H27N5O2S/c1-15-4-5-17(12-16(15)2)24-14-21-22-19(24)27-13-18(25)20-6-3-7-23-8-10-26-11-9-23/h4-5,12,14H,3,6-11,13H2,1-2H3,(H,20,25). The van der Waals surface area contributed by atoms with E-state index in [2.05, 4.69) is 46.4 Å². The summed E-state index contributed by atoms with van der Waals surface area (Å²) in [6.07, 6.45) is 2.64. The Labute approximate surface area is 164 Å². The number of nitrogens with zero attached hydrogens (tertiary/aromatic N) is 4.